The molecule has 0 aromatic carbocycles. The molecule has 15 nitrogen and oxygen atoms in total. The summed E-state index contributed by atoms with van der Waals surface area (Å²) in [6, 6.07) is 2.81. The molecule has 0 unspecified atom stereocenters. The van der Waals surface area contributed by atoms with Gasteiger partial charge in [0, 0.05) is 33.8 Å². The molecule has 17 heteroatoms. The highest BCUT2D eigenvalue weighted by Crippen LogP contribution is 2.28. The molecule has 0 radical (unpaired) electrons. The first kappa shape index (κ1) is 29.5. The number of hydrazone groups is 1. The van der Waals surface area contributed by atoms with Gasteiger partial charge in [-0.3, -0.25) is 34.7 Å². The summed E-state index contributed by atoms with van der Waals surface area (Å²) in [5.41, 5.74) is 2.48. The van der Waals surface area contributed by atoms with E-state index in [4.69, 9.17) is 35.9 Å². The lowest BCUT2D eigenvalue weighted by atomic mass is 9.97. The highest BCUT2D eigenvalue weighted by Gasteiger charge is 2.52. The maximum atomic E-state index is 11.8. The van der Waals surface area contributed by atoms with Gasteiger partial charge in [0.05, 0.1) is 16.0 Å². The number of ether oxygens (including phenoxy) is 5. The molecular formula is C20H24N4O11S2. The van der Waals surface area contributed by atoms with E-state index in [1.165, 1.54) is 18.3 Å². The van der Waals surface area contributed by atoms with Crippen molar-refractivity contribution in [3.63, 3.8) is 0 Å². The van der Waals surface area contributed by atoms with E-state index in [2.05, 4.69) is 15.8 Å². The topological polar surface area (TPSA) is 194 Å². The number of hydrogen-bond acceptors (Lipinski definition) is 14. The Morgan fingerprint density at radius 3 is 2.19 bits per heavy atom. The fourth-order valence-electron chi connectivity index (χ4n) is 3.17. The summed E-state index contributed by atoms with van der Waals surface area (Å²) in [6.07, 6.45) is -5.17. The molecule has 1 aromatic heterocycles. The Morgan fingerprint density at radius 2 is 1.65 bits per heavy atom. The average molecular weight is 561 g/mol. The molecule has 0 saturated carbocycles. The van der Waals surface area contributed by atoms with E-state index in [0.29, 0.717) is 4.88 Å². The number of nitrogens with zero attached hydrogens (tertiary/aromatic N) is 2. The van der Waals surface area contributed by atoms with Gasteiger partial charge in [0.1, 0.15) is 12.7 Å². The van der Waals surface area contributed by atoms with E-state index >= 15 is 0 Å². The van der Waals surface area contributed by atoms with Gasteiger partial charge in [-0.2, -0.15) is 5.10 Å². The van der Waals surface area contributed by atoms with Crippen molar-refractivity contribution in [1.29, 1.82) is 0 Å². The van der Waals surface area contributed by atoms with Crippen LogP contribution in [0.1, 0.15) is 32.6 Å². The molecule has 1 aliphatic rings. The zero-order valence-corrected chi connectivity index (χ0v) is 21.7. The molecular weight excluding hydrogens is 536 g/mol. The van der Waals surface area contributed by atoms with Crippen LogP contribution in [0.2, 0.25) is 0 Å². The van der Waals surface area contributed by atoms with Crippen LogP contribution < -0.4 is 10.7 Å². The van der Waals surface area contributed by atoms with E-state index in [1.807, 2.05) is 0 Å². The van der Waals surface area contributed by atoms with Crippen LogP contribution in [0.4, 0.5) is 5.00 Å². The number of carbonyl (C=O) groups is 4. The summed E-state index contributed by atoms with van der Waals surface area (Å²) in [5, 5.41) is 17.2. The summed E-state index contributed by atoms with van der Waals surface area (Å²) < 4.78 is 26.8. The van der Waals surface area contributed by atoms with Gasteiger partial charge < -0.3 is 29.0 Å². The zero-order chi connectivity index (χ0) is 27.7. The highest BCUT2D eigenvalue weighted by atomic mass is 32.1. The number of thiocarbonyl (C=S) groups is 1. The molecule has 202 valence electrons. The summed E-state index contributed by atoms with van der Waals surface area (Å²) in [4.78, 5) is 57.6. The Bertz CT molecular complexity index is 1080. The first-order chi connectivity index (χ1) is 17.4. The molecule has 1 aromatic rings. The Kier molecular flexibility index (Phi) is 10.8. The van der Waals surface area contributed by atoms with Crippen LogP contribution in [0.25, 0.3) is 0 Å². The van der Waals surface area contributed by atoms with Crippen LogP contribution in [0.3, 0.4) is 0 Å². The molecule has 0 amide bonds. The van der Waals surface area contributed by atoms with Crippen LogP contribution in [-0.2, 0) is 42.9 Å². The van der Waals surface area contributed by atoms with Crippen LogP contribution in [0.15, 0.2) is 17.2 Å². The van der Waals surface area contributed by atoms with Crippen molar-refractivity contribution in [3.05, 3.63) is 27.1 Å². The summed E-state index contributed by atoms with van der Waals surface area (Å²) in [6.45, 7) is 4.08. The van der Waals surface area contributed by atoms with Gasteiger partial charge in [0.2, 0.25) is 0 Å². The third-order valence-electron chi connectivity index (χ3n) is 4.41. The fraction of sp³-hybridized carbons (Fsp3) is 0.500. The molecule has 2 rings (SSSR count). The number of carbonyl (C=O) groups excluding carboxylic acids is 4. The van der Waals surface area contributed by atoms with Gasteiger partial charge in [-0.1, -0.05) is 11.3 Å². The standard InChI is InChI=1S/C20H24N4O11S2/c1-9(25)31-8-14-16(32-10(2)26)17(33-11(3)27)18(34-12(4)28)19(35-14)22-20(36)23-21-7-13-5-6-15(37-13)24(29)30/h5-7,14,16-19H,8H2,1-4H3,(H2,22,23,36)/b21-7+/t14-,16-,17+,18-,19-/m1/s1. The first-order valence-electron chi connectivity index (χ1n) is 10.5. The number of nitro groups is 1. The number of hydrogen-bond donors (Lipinski definition) is 2. The van der Waals surface area contributed by atoms with Crippen LogP contribution in [0, 0.1) is 10.1 Å². The lowest BCUT2D eigenvalue weighted by Crippen LogP contribution is -2.66. The van der Waals surface area contributed by atoms with Gasteiger partial charge in [-0.25, -0.2) is 0 Å². The van der Waals surface area contributed by atoms with Crippen molar-refractivity contribution in [2.75, 3.05) is 6.61 Å². The smallest absolute Gasteiger partial charge is 0.324 e. The first-order valence-corrected chi connectivity index (χ1v) is 11.7. The van der Waals surface area contributed by atoms with Crippen LogP contribution in [-0.4, -0.2) is 77.4 Å². The third-order valence-corrected chi connectivity index (χ3v) is 5.60. The van der Waals surface area contributed by atoms with E-state index in [-0.39, 0.29) is 10.1 Å². The minimum Gasteiger partial charge on any atom is -0.463 e. The highest BCUT2D eigenvalue weighted by molar-refractivity contribution is 7.80. The van der Waals surface area contributed by atoms with E-state index in [9.17, 15) is 29.3 Å². The van der Waals surface area contributed by atoms with Crippen molar-refractivity contribution < 1.29 is 47.8 Å². The van der Waals surface area contributed by atoms with Gasteiger partial charge >= 0.3 is 28.9 Å². The Hall–Kier alpha value is -3.70. The van der Waals surface area contributed by atoms with Crippen molar-refractivity contribution in [1.82, 2.24) is 10.7 Å². The molecule has 0 bridgehead atoms. The Labute approximate surface area is 219 Å². The van der Waals surface area contributed by atoms with E-state index < -0.39 is 66.1 Å². The predicted molar refractivity (Wildman–Crippen MR) is 129 cm³/mol. The van der Waals surface area contributed by atoms with Gasteiger partial charge in [-0.05, 0) is 18.3 Å². The largest absolute Gasteiger partial charge is 0.463 e. The molecule has 0 spiro atoms. The van der Waals surface area contributed by atoms with Crippen LogP contribution >= 0.6 is 23.6 Å². The van der Waals surface area contributed by atoms with Crippen molar-refractivity contribution >= 4 is 63.8 Å². The molecule has 1 saturated heterocycles. The van der Waals surface area contributed by atoms with Crippen molar-refractivity contribution in [3.8, 4) is 0 Å². The minimum absolute atomic E-state index is 0.0698. The molecule has 1 aliphatic heterocycles. The Morgan fingerprint density at radius 1 is 1.05 bits per heavy atom. The third kappa shape index (κ3) is 9.36. The van der Waals surface area contributed by atoms with Gasteiger partial charge in [0.25, 0.3) is 0 Å². The SMILES string of the molecule is CC(=O)OC[C@H]1O[C@@H](NC(=S)N/N=C/c2ccc([N+](=O)[O-])s2)[C@H](OC(C)=O)[C@@H](OC(C)=O)[C@@H]1OC(C)=O. The van der Waals surface area contributed by atoms with E-state index in [0.717, 1.165) is 39.0 Å². The molecule has 1 fully saturated rings. The second-order valence-electron chi connectivity index (χ2n) is 7.40. The fourth-order valence-corrected chi connectivity index (χ4v) is 4.03. The van der Waals surface area contributed by atoms with Crippen molar-refractivity contribution in [2.24, 2.45) is 5.10 Å². The lowest BCUT2D eigenvalue weighted by Gasteiger charge is -2.44. The summed E-state index contributed by atoms with van der Waals surface area (Å²) in [7, 11) is 0. The Balaban J connectivity index is 2.26. The normalized spacial score (nSPS) is 23.0. The predicted octanol–water partition coefficient (Wildman–Crippen LogP) is 0.537. The second-order valence-corrected chi connectivity index (χ2v) is 8.90. The number of nitrogens with one attached hydrogen (secondary N) is 2. The lowest BCUT2D eigenvalue weighted by molar-refractivity contribution is -0.380. The number of thiophene rings is 1. The molecule has 0 aliphatic carbocycles. The van der Waals surface area contributed by atoms with Crippen LogP contribution in [0.5, 0.6) is 0 Å². The summed E-state index contributed by atoms with van der Waals surface area (Å²) >= 11 is 6.08. The molecule has 2 heterocycles. The van der Waals surface area contributed by atoms with Crippen molar-refractivity contribution in [2.45, 2.75) is 58.3 Å². The second kappa shape index (κ2) is 13.6. The van der Waals surface area contributed by atoms with Gasteiger partial charge in [0.15, 0.2) is 29.7 Å². The zero-order valence-electron chi connectivity index (χ0n) is 20.0. The molecule has 5 atom stereocenters. The maximum absolute atomic E-state index is 11.8. The summed E-state index contributed by atoms with van der Waals surface area (Å²) in [5.74, 6) is -2.96. The van der Waals surface area contributed by atoms with Gasteiger partial charge in [-0.15, -0.1) is 0 Å². The monoisotopic (exact) mass is 560 g/mol. The minimum atomic E-state index is -1.37. The molecule has 2 N–H and O–H groups in total. The quantitative estimate of drug-likeness (QED) is 0.106. The van der Waals surface area contributed by atoms with E-state index in [1.54, 1.807) is 0 Å². The number of esters is 4. The average Bonchev–Trinajstić information content (AvgIpc) is 3.25. The molecule has 37 heavy (non-hydrogen) atoms. The maximum Gasteiger partial charge on any atom is 0.324 e. The number of rotatable bonds is 9.